The Hall–Kier alpha value is -3.75. The van der Waals surface area contributed by atoms with Crippen molar-refractivity contribution in [3.05, 3.63) is 30.0 Å². The maximum Gasteiger partial charge on any atom is 0.391 e. The number of benzene rings is 1. The van der Waals surface area contributed by atoms with E-state index in [0.29, 0.717) is 29.6 Å². The first-order valence-electron chi connectivity index (χ1n) is 11.0. The lowest BCUT2D eigenvalue weighted by Crippen LogP contribution is -2.51. The molecule has 4 atom stereocenters. The number of aromatic amines is 1. The lowest BCUT2D eigenvalue weighted by molar-refractivity contribution is -0.173. The summed E-state index contributed by atoms with van der Waals surface area (Å²) in [5, 5.41) is 17.4. The summed E-state index contributed by atoms with van der Waals surface area (Å²) in [4.78, 5) is 40.4. The standard InChI is InChI=1S/C23H26F3N5O4/c1-12(23(24,25)26)8-17(21(33)29-14(11-27)9-13-6-7-28-20(13)32)31-22(34)18-10-15-16(30-18)4-3-5-19(15)35-2/h3-5,10,12-14,17,30H,6-9H2,1-2H3,(H,28,32)(H,29,33)(H,31,34)/t12-,13-,14-,17-/m0/s1. The number of halogens is 3. The maximum atomic E-state index is 13.2. The van der Waals surface area contributed by atoms with E-state index in [0.717, 1.165) is 6.92 Å². The van der Waals surface area contributed by atoms with Gasteiger partial charge in [-0.1, -0.05) is 13.0 Å². The molecule has 0 spiro atoms. The molecule has 0 radical (unpaired) electrons. The Labute approximate surface area is 199 Å². The molecule has 35 heavy (non-hydrogen) atoms. The molecule has 0 unspecified atom stereocenters. The van der Waals surface area contributed by atoms with Gasteiger partial charge in [0.05, 0.1) is 19.1 Å². The van der Waals surface area contributed by atoms with Crippen LogP contribution in [-0.4, -0.2) is 54.6 Å². The zero-order valence-corrected chi connectivity index (χ0v) is 19.2. The number of rotatable bonds is 9. The van der Waals surface area contributed by atoms with E-state index in [1.807, 2.05) is 6.07 Å². The Morgan fingerprint density at radius 2 is 2.06 bits per heavy atom. The normalized spacial score (nSPS) is 18.3. The number of ether oxygens (including phenoxy) is 1. The van der Waals surface area contributed by atoms with Gasteiger partial charge in [0.25, 0.3) is 5.91 Å². The lowest BCUT2D eigenvalue weighted by atomic mass is 9.97. The van der Waals surface area contributed by atoms with Crippen molar-refractivity contribution in [3.8, 4) is 11.8 Å². The quantitative estimate of drug-likeness (QED) is 0.425. The van der Waals surface area contributed by atoms with Gasteiger partial charge in [0, 0.05) is 23.4 Å². The number of hydrogen-bond acceptors (Lipinski definition) is 5. The van der Waals surface area contributed by atoms with Crippen molar-refractivity contribution >= 4 is 28.6 Å². The first kappa shape index (κ1) is 25.9. The van der Waals surface area contributed by atoms with Gasteiger partial charge in [-0.2, -0.15) is 18.4 Å². The van der Waals surface area contributed by atoms with Gasteiger partial charge in [-0.3, -0.25) is 14.4 Å². The number of H-pyrrole nitrogens is 1. The Bertz CT molecular complexity index is 1140. The van der Waals surface area contributed by atoms with Crippen molar-refractivity contribution in [2.45, 2.75) is 44.4 Å². The predicted octanol–water partition coefficient (Wildman–Crippen LogP) is 2.40. The molecule has 2 aromatic rings. The monoisotopic (exact) mass is 493 g/mol. The molecule has 0 aliphatic carbocycles. The summed E-state index contributed by atoms with van der Waals surface area (Å²) in [5.41, 5.74) is 0.597. The summed E-state index contributed by atoms with van der Waals surface area (Å²) >= 11 is 0. The molecule has 188 valence electrons. The second-order valence-corrected chi connectivity index (χ2v) is 8.51. The molecule has 1 aromatic heterocycles. The van der Waals surface area contributed by atoms with E-state index in [-0.39, 0.29) is 18.0 Å². The molecule has 1 saturated heterocycles. The number of nitrogens with zero attached hydrogens (tertiary/aromatic N) is 1. The van der Waals surface area contributed by atoms with Gasteiger partial charge >= 0.3 is 6.18 Å². The summed E-state index contributed by atoms with van der Waals surface area (Å²) in [6, 6.07) is 5.75. The van der Waals surface area contributed by atoms with Gasteiger partial charge in [0.1, 0.15) is 23.5 Å². The molecular formula is C23H26F3N5O4. The number of methoxy groups -OCH3 is 1. The van der Waals surface area contributed by atoms with Crippen LogP contribution in [0.4, 0.5) is 13.2 Å². The second kappa shape index (κ2) is 10.7. The van der Waals surface area contributed by atoms with E-state index in [2.05, 4.69) is 20.9 Å². The zero-order valence-electron chi connectivity index (χ0n) is 19.2. The van der Waals surface area contributed by atoms with Crippen LogP contribution in [0.2, 0.25) is 0 Å². The van der Waals surface area contributed by atoms with E-state index in [1.165, 1.54) is 13.2 Å². The molecule has 2 heterocycles. The van der Waals surface area contributed by atoms with Crippen LogP contribution >= 0.6 is 0 Å². The summed E-state index contributed by atoms with van der Waals surface area (Å²) in [6.07, 6.45) is -4.81. The Morgan fingerprint density at radius 3 is 2.66 bits per heavy atom. The van der Waals surface area contributed by atoms with Crippen molar-refractivity contribution < 1.29 is 32.3 Å². The summed E-state index contributed by atoms with van der Waals surface area (Å²) in [5.74, 6) is -3.87. The second-order valence-electron chi connectivity index (χ2n) is 8.51. The average molecular weight is 493 g/mol. The number of carbonyl (C=O) groups is 3. The number of nitrogens with one attached hydrogen (secondary N) is 4. The maximum absolute atomic E-state index is 13.2. The number of alkyl halides is 3. The van der Waals surface area contributed by atoms with Crippen LogP contribution in [0, 0.1) is 23.2 Å². The highest BCUT2D eigenvalue weighted by molar-refractivity contribution is 6.01. The summed E-state index contributed by atoms with van der Waals surface area (Å²) in [6.45, 7) is 1.36. The average Bonchev–Trinajstić information content (AvgIpc) is 3.43. The van der Waals surface area contributed by atoms with Crippen LogP contribution in [-0.2, 0) is 9.59 Å². The molecule has 3 rings (SSSR count). The minimum atomic E-state index is -4.59. The van der Waals surface area contributed by atoms with Crippen LogP contribution in [0.3, 0.4) is 0 Å². The Kier molecular flexibility index (Phi) is 7.89. The largest absolute Gasteiger partial charge is 0.496 e. The van der Waals surface area contributed by atoms with Gasteiger partial charge in [-0.15, -0.1) is 0 Å². The van der Waals surface area contributed by atoms with Crippen LogP contribution in [0.25, 0.3) is 10.9 Å². The van der Waals surface area contributed by atoms with E-state index < -0.39 is 48.3 Å². The Morgan fingerprint density at radius 1 is 1.31 bits per heavy atom. The van der Waals surface area contributed by atoms with Gasteiger partial charge in [-0.25, -0.2) is 0 Å². The molecule has 3 amide bonds. The number of carbonyl (C=O) groups excluding carboxylic acids is 3. The molecule has 1 aliphatic heterocycles. The first-order valence-corrected chi connectivity index (χ1v) is 11.0. The highest BCUT2D eigenvalue weighted by atomic mass is 19.4. The van der Waals surface area contributed by atoms with Crippen LogP contribution in [0.15, 0.2) is 24.3 Å². The van der Waals surface area contributed by atoms with Crippen molar-refractivity contribution in [1.29, 1.82) is 5.26 Å². The van der Waals surface area contributed by atoms with Crippen molar-refractivity contribution in [2.75, 3.05) is 13.7 Å². The van der Waals surface area contributed by atoms with Gasteiger partial charge in [0.15, 0.2) is 0 Å². The van der Waals surface area contributed by atoms with E-state index in [4.69, 9.17) is 4.74 Å². The predicted molar refractivity (Wildman–Crippen MR) is 119 cm³/mol. The smallest absolute Gasteiger partial charge is 0.391 e. The number of aromatic nitrogens is 1. The first-order chi connectivity index (χ1) is 16.5. The fourth-order valence-electron chi connectivity index (χ4n) is 3.95. The van der Waals surface area contributed by atoms with E-state index in [1.54, 1.807) is 18.2 Å². The van der Waals surface area contributed by atoms with E-state index in [9.17, 15) is 32.8 Å². The number of fused-ring (bicyclic) bond motifs is 1. The minimum absolute atomic E-state index is 0.0192. The lowest BCUT2D eigenvalue weighted by Gasteiger charge is -2.24. The van der Waals surface area contributed by atoms with Crippen LogP contribution in [0.5, 0.6) is 5.75 Å². The Balaban J connectivity index is 1.78. The van der Waals surface area contributed by atoms with Gasteiger partial charge < -0.3 is 25.7 Å². The third kappa shape index (κ3) is 6.23. The van der Waals surface area contributed by atoms with Crippen LogP contribution in [0.1, 0.15) is 36.7 Å². The fourth-order valence-corrected chi connectivity index (χ4v) is 3.95. The van der Waals surface area contributed by atoms with E-state index >= 15 is 0 Å². The third-order valence-corrected chi connectivity index (χ3v) is 6.01. The summed E-state index contributed by atoms with van der Waals surface area (Å²) in [7, 11) is 1.46. The van der Waals surface area contributed by atoms with Crippen molar-refractivity contribution in [3.63, 3.8) is 0 Å². The highest BCUT2D eigenvalue weighted by Gasteiger charge is 2.40. The summed E-state index contributed by atoms with van der Waals surface area (Å²) < 4.78 is 45.0. The molecule has 1 aromatic carbocycles. The fraction of sp³-hybridized carbons (Fsp3) is 0.478. The molecule has 0 bridgehead atoms. The third-order valence-electron chi connectivity index (χ3n) is 6.01. The molecule has 0 saturated carbocycles. The van der Waals surface area contributed by atoms with Crippen molar-refractivity contribution in [2.24, 2.45) is 11.8 Å². The van der Waals surface area contributed by atoms with Crippen molar-refractivity contribution in [1.82, 2.24) is 20.9 Å². The SMILES string of the molecule is COc1cccc2[nH]c(C(=O)N[C@@H](C[C@H](C)C(F)(F)F)C(=O)N[C@H](C#N)C[C@@H]3CCNC3=O)cc12. The molecular weight excluding hydrogens is 467 g/mol. The number of nitriles is 1. The molecule has 12 heteroatoms. The number of hydrogen-bond donors (Lipinski definition) is 4. The minimum Gasteiger partial charge on any atom is -0.496 e. The topological polar surface area (TPSA) is 136 Å². The van der Waals surface area contributed by atoms with Crippen LogP contribution < -0.4 is 20.7 Å². The van der Waals surface area contributed by atoms with Gasteiger partial charge in [0.2, 0.25) is 11.8 Å². The van der Waals surface area contributed by atoms with Gasteiger partial charge in [-0.05, 0) is 37.5 Å². The molecule has 9 nitrogen and oxygen atoms in total. The molecule has 1 fully saturated rings. The number of amides is 3. The molecule has 4 N–H and O–H groups in total. The highest BCUT2D eigenvalue weighted by Crippen LogP contribution is 2.30. The molecule has 1 aliphatic rings. The zero-order chi connectivity index (χ0) is 25.8.